The molecule has 0 fully saturated rings. The first-order valence-corrected chi connectivity index (χ1v) is 9.43. The largest absolute Gasteiger partial charge is 0.301 e. The molecule has 0 aliphatic heterocycles. The molecule has 1 aromatic carbocycles. The molecule has 9 heteroatoms. The molecule has 0 unspecified atom stereocenters. The van der Waals surface area contributed by atoms with E-state index in [-0.39, 0.29) is 15.4 Å². The first kappa shape index (κ1) is 17.4. The molecule has 1 amide bonds. The Balaban J connectivity index is 2.08. The Bertz CT molecular complexity index is 770. The molecule has 0 aliphatic rings. The smallest absolute Gasteiger partial charge is 0.291 e. The van der Waals surface area contributed by atoms with E-state index < -0.39 is 10.0 Å². The molecule has 0 atom stereocenters. The van der Waals surface area contributed by atoms with E-state index in [2.05, 4.69) is 27.2 Å². The summed E-state index contributed by atoms with van der Waals surface area (Å²) in [7, 11) is -3.81. The maximum Gasteiger partial charge on any atom is 0.291 e. The lowest BCUT2D eigenvalue weighted by Gasteiger charge is -2.06. The van der Waals surface area contributed by atoms with Gasteiger partial charge in [0.1, 0.15) is 0 Å². The van der Waals surface area contributed by atoms with Crippen LogP contribution in [-0.2, 0) is 21.2 Å². The average molecular weight is 354 g/mol. The first-order chi connectivity index (χ1) is 10.9. The third-order valence-electron chi connectivity index (χ3n) is 2.94. The summed E-state index contributed by atoms with van der Waals surface area (Å²) in [5.74, 6) is -0.333. The lowest BCUT2D eigenvalue weighted by atomic mass is 10.1. The van der Waals surface area contributed by atoms with Gasteiger partial charge in [0, 0.05) is 12.6 Å². The minimum Gasteiger partial charge on any atom is -0.301 e. The van der Waals surface area contributed by atoms with Crippen LogP contribution in [0.3, 0.4) is 0 Å². The van der Waals surface area contributed by atoms with E-state index in [0.29, 0.717) is 5.69 Å². The fourth-order valence-corrected chi connectivity index (χ4v) is 3.84. The van der Waals surface area contributed by atoms with Crippen LogP contribution in [0.2, 0.25) is 0 Å². The van der Waals surface area contributed by atoms with Gasteiger partial charge in [-0.2, -0.15) is 8.42 Å². The van der Waals surface area contributed by atoms with Gasteiger partial charge >= 0.3 is 0 Å². The predicted octanol–water partition coefficient (Wildman–Crippen LogP) is 2.64. The number of anilines is 2. The molecule has 2 aromatic rings. The molecule has 0 bridgehead atoms. The summed E-state index contributed by atoms with van der Waals surface area (Å²) in [5, 5.41) is 9.78. The van der Waals surface area contributed by atoms with Gasteiger partial charge in [0.05, 0.1) is 0 Å². The molecule has 0 spiro atoms. The number of benzene rings is 1. The highest BCUT2D eigenvalue weighted by atomic mass is 32.2. The normalized spacial score (nSPS) is 11.2. The number of hydrogen-bond donors (Lipinski definition) is 2. The molecular weight excluding hydrogens is 336 g/mol. The summed E-state index contributed by atoms with van der Waals surface area (Å²) in [6, 6.07) is 7.24. The molecule has 0 saturated heterocycles. The van der Waals surface area contributed by atoms with Crippen LogP contribution in [0.15, 0.2) is 28.6 Å². The van der Waals surface area contributed by atoms with Crippen molar-refractivity contribution in [3.63, 3.8) is 0 Å². The van der Waals surface area contributed by atoms with Crippen molar-refractivity contribution in [3.05, 3.63) is 29.8 Å². The van der Waals surface area contributed by atoms with E-state index in [4.69, 9.17) is 0 Å². The number of rotatable bonds is 7. The van der Waals surface area contributed by atoms with Crippen molar-refractivity contribution in [2.45, 2.75) is 37.4 Å². The summed E-state index contributed by atoms with van der Waals surface area (Å²) < 4.78 is 26.7. The Kier molecular flexibility index (Phi) is 5.67. The first-order valence-electron chi connectivity index (χ1n) is 7.13. The third-order valence-corrected chi connectivity index (χ3v) is 5.53. The van der Waals surface area contributed by atoms with Crippen molar-refractivity contribution in [1.82, 2.24) is 10.2 Å². The van der Waals surface area contributed by atoms with Crippen LogP contribution in [0.4, 0.5) is 10.8 Å². The zero-order valence-corrected chi connectivity index (χ0v) is 14.5. The summed E-state index contributed by atoms with van der Waals surface area (Å²) in [6.45, 7) is 3.44. The van der Waals surface area contributed by atoms with Gasteiger partial charge in [-0.3, -0.25) is 9.52 Å². The van der Waals surface area contributed by atoms with Crippen LogP contribution in [0.5, 0.6) is 0 Å². The molecule has 0 radical (unpaired) electrons. The lowest BCUT2D eigenvalue weighted by Crippen LogP contribution is -2.12. The van der Waals surface area contributed by atoms with Crippen LogP contribution < -0.4 is 10.0 Å². The number of aryl methyl sites for hydroxylation is 1. The number of aromatic nitrogens is 2. The number of hydrogen-bond acceptors (Lipinski definition) is 6. The van der Waals surface area contributed by atoms with Crippen molar-refractivity contribution >= 4 is 38.1 Å². The fourth-order valence-electron chi connectivity index (χ4n) is 1.84. The van der Waals surface area contributed by atoms with E-state index in [1.807, 2.05) is 12.1 Å². The molecule has 1 aromatic heterocycles. The topological polar surface area (TPSA) is 101 Å². The summed E-state index contributed by atoms with van der Waals surface area (Å²) in [6.07, 6.45) is 3.18. The maximum absolute atomic E-state index is 12.2. The molecule has 0 aliphatic carbocycles. The van der Waals surface area contributed by atoms with Gasteiger partial charge in [0.25, 0.3) is 14.4 Å². The standard InChI is InChI=1S/C14H18N4O3S2/c1-3-4-5-11-6-8-12(9-7-11)18-23(20,21)14-17-16-13(22-14)15-10(2)19/h6-9,18H,3-5H2,1-2H3,(H,15,16,19). The van der Waals surface area contributed by atoms with Gasteiger partial charge in [0.15, 0.2) is 0 Å². The second-order valence-electron chi connectivity index (χ2n) is 4.96. The highest BCUT2D eigenvalue weighted by Gasteiger charge is 2.20. The molecular formula is C14H18N4O3S2. The molecule has 23 heavy (non-hydrogen) atoms. The molecule has 7 nitrogen and oxygen atoms in total. The zero-order chi connectivity index (χ0) is 16.9. The summed E-state index contributed by atoms with van der Waals surface area (Å²) in [4.78, 5) is 10.9. The minimum atomic E-state index is -3.81. The van der Waals surface area contributed by atoms with Crippen LogP contribution >= 0.6 is 11.3 Å². The van der Waals surface area contributed by atoms with Gasteiger partial charge in [-0.15, -0.1) is 10.2 Å². The fraction of sp³-hybridized carbons (Fsp3) is 0.357. The highest BCUT2D eigenvalue weighted by molar-refractivity contribution is 7.94. The van der Waals surface area contributed by atoms with Crippen LogP contribution in [0.25, 0.3) is 0 Å². The average Bonchev–Trinajstić information content (AvgIpc) is 2.95. The van der Waals surface area contributed by atoms with Crippen LogP contribution in [0, 0.1) is 0 Å². The van der Waals surface area contributed by atoms with Gasteiger partial charge in [-0.1, -0.05) is 36.8 Å². The van der Waals surface area contributed by atoms with E-state index >= 15 is 0 Å². The number of carbonyl (C=O) groups is 1. The molecule has 1 heterocycles. The Labute approximate surface area is 139 Å². The van der Waals surface area contributed by atoms with Gasteiger partial charge in [0.2, 0.25) is 11.0 Å². The van der Waals surface area contributed by atoms with E-state index in [9.17, 15) is 13.2 Å². The molecule has 124 valence electrons. The zero-order valence-electron chi connectivity index (χ0n) is 12.9. The van der Waals surface area contributed by atoms with E-state index in [0.717, 1.165) is 30.6 Å². The van der Waals surface area contributed by atoms with Crippen molar-refractivity contribution in [1.29, 1.82) is 0 Å². The van der Waals surface area contributed by atoms with E-state index in [1.54, 1.807) is 12.1 Å². The number of carbonyl (C=O) groups excluding carboxylic acids is 1. The quantitative estimate of drug-likeness (QED) is 0.744. The maximum atomic E-state index is 12.2. The highest BCUT2D eigenvalue weighted by Crippen LogP contribution is 2.22. The van der Waals surface area contributed by atoms with Crippen molar-refractivity contribution in [3.8, 4) is 0 Å². The van der Waals surface area contributed by atoms with Crippen molar-refractivity contribution in [2.75, 3.05) is 10.0 Å². The Morgan fingerprint density at radius 2 is 1.91 bits per heavy atom. The Hall–Kier alpha value is -2.00. The minimum absolute atomic E-state index is 0.146. The Morgan fingerprint density at radius 1 is 1.22 bits per heavy atom. The number of sulfonamides is 1. The van der Waals surface area contributed by atoms with Crippen LogP contribution in [0.1, 0.15) is 32.3 Å². The van der Waals surface area contributed by atoms with Gasteiger partial charge in [-0.05, 0) is 30.5 Å². The summed E-state index contributed by atoms with van der Waals surface area (Å²) in [5.41, 5.74) is 1.63. The number of nitrogens with one attached hydrogen (secondary N) is 2. The van der Waals surface area contributed by atoms with Crippen molar-refractivity contribution in [2.24, 2.45) is 0 Å². The second-order valence-corrected chi connectivity index (χ2v) is 7.79. The monoisotopic (exact) mass is 354 g/mol. The molecule has 2 N–H and O–H groups in total. The molecule has 0 saturated carbocycles. The van der Waals surface area contributed by atoms with E-state index in [1.165, 1.54) is 12.5 Å². The van der Waals surface area contributed by atoms with Crippen LogP contribution in [-0.4, -0.2) is 24.5 Å². The Morgan fingerprint density at radius 3 is 2.52 bits per heavy atom. The molecule has 2 rings (SSSR count). The second kappa shape index (κ2) is 7.51. The lowest BCUT2D eigenvalue weighted by molar-refractivity contribution is -0.114. The van der Waals surface area contributed by atoms with Gasteiger partial charge < -0.3 is 5.32 Å². The summed E-state index contributed by atoms with van der Waals surface area (Å²) >= 11 is 0.797. The number of amides is 1. The van der Waals surface area contributed by atoms with Crippen molar-refractivity contribution < 1.29 is 13.2 Å². The van der Waals surface area contributed by atoms with Gasteiger partial charge in [-0.25, -0.2) is 0 Å². The predicted molar refractivity (Wildman–Crippen MR) is 90.1 cm³/mol. The number of unbranched alkanes of at least 4 members (excludes halogenated alkanes) is 1. The SMILES string of the molecule is CCCCc1ccc(NS(=O)(=O)c2nnc(NC(C)=O)s2)cc1. The third kappa shape index (κ3) is 5.00. The number of nitrogens with zero attached hydrogens (tertiary/aromatic N) is 2.